The summed E-state index contributed by atoms with van der Waals surface area (Å²) < 4.78 is 16.8. The van der Waals surface area contributed by atoms with Crippen molar-refractivity contribution in [3.05, 3.63) is 109 Å². The van der Waals surface area contributed by atoms with Gasteiger partial charge in [0.15, 0.2) is 6.10 Å². The van der Waals surface area contributed by atoms with Gasteiger partial charge in [-0.3, -0.25) is 14.4 Å². The molecule has 0 aliphatic rings. The maximum atomic E-state index is 12.9. The Bertz CT molecular complexity index is 1460. The molecule has 0 saturated carbocycles. The molecule has 0 aromatic heterocycles. The molecule has 0 N–H and O–H groups in total. The SMILES string of the molecule is CC/C=C\C/C=C\C/C=C\C/C=C\C/C=C\C/C=C\CCCCCCCCC(=O)OCC(COC(=O)CCCCCCCCCCCCC)OC(=O)CCCCCCCCC/C=C\C/C=C\C/C=C\CC. The number of carbonyl (C=O) groups excluding carboxylic acids is 3. The average molecular weight is 986 g/mol. The Morgan fingerprint density at radius 3 is 0.859 bits per heavy atom. The molecule has 404 valence electrons. The van der Waals surface area contributed by atoms with Crippen LogP contribution < -0.4 is 0 Å². The highest BCUT2D eigenvalue weighted by Gasteiger charge is 2.19. The number of hydrogen-bond acceptors (Lipinski definition) is 6. The molecule has 6 heteroatoms. The molecule has 0 aromatic carbocycles. The Kier molecular flexibility index (Phi) is 55.4. The monoisotopic (exact) mass is 985 g/mol. The van der Waals surface area contributed by atoms with Crippen LogP contribution >= 0.6 is 0 Å². The van der Waals surface area contributed by atoms with Gasteiger partial charge in [-0.1, -0.05) is 252 Å². The topological polar surface area (TPSA) is 78.9 Å². The lowest BCUT2D eigenvalue weighted by atomic mass is 10.1. The fourth-order valence-electron chi connectivity index (χ4n) is 7.93. The van der Waals surface area contributed by atoms with E-state index in [-0.39, 0.29) is 31.1 Å². The summed E-state index contributed by atoms with van der Waals surface area (Å²) in [6, 6.07) is 0. The van der Waals surface area contributed by atoms with E-state index in [1.807, 2.05) is 0 Å². The summed E-state index contributed by atoms with van der Waals surface area (Å²) in [5.41, 5.74) is 0. The summed E-state index contributed by atoms with van der Waals surface area (Å²) in [7, 11) is 0. The van der Waals surface area contributed by atoms with Crippen LogP contribution in [0.4, 0.5) is 0 Å². The molecule has 71 heavy (non-hydrogen) atoms. The Balaban J connectivity index is 4.36. The van der Waals surface area contributed by atoms with Crippen LogP contribution in [0, 0.1) is 0 Å². The van der Waals surface area contributed by atoms with Crippen molar-refractivity contribution in [2.75, 3.05) is 13.2 Å². The number of hydrogen-bond donors (Lipinski definition) is 0. The van der Waals surface area contributed by atoms with Crippen LogP contribution in [-0.2, 0) is 28.6 Å². The number of esters is 3. The quantitative estimate of drug-likeness (QED) is 0.0261. The Labute approximate surface area is 438 Å². The van der Waals surface area contributed by atoms with Crippen LogP contribution in [0.3, 0.4) is 0 Å². The summed E-state index contributed by atoms with van der Waals surface area (Å²) in [5, 5.41) is 0. The normalized spacial score (nSPS) is 12.9. The van der Waals surface area contributed by atoms with E-state index in [1.165, 1.54) is 89.9 Å². The van der Waals surface area contributed by atoms with E-state index in [2.05, 4.69) is 130 Å². The maximum Gasteiger partial charge on any atom is 0.306 e. The van der Waals surface area contributed by atoms with E-state index < -0.39 is 6.10 Å². The van der Waals surface area contributed by atoms with Crippen LogP contribution in [0.1, 0.15) is 265 Å². The second-order valence-electron chi connectivity index (χ2n) is 19.1. The predicted octanol–water partition coefficient (Wildman–Crippen LogP) is 19.9. The fraction of sp³-hybridized carbons (Fsp3) is 0.677. The first-order valence-corrected chi connectivity index (χ1v) is 29.4. The highest BCUT2D eigenvalue weighted by Crippen LogP contribution is 2.15. The zero-order valence-corrected chi connectivity index (χ0v) is 46.2. The lowest BCUT2D eigenvalue weighted by Gasteiger charge is -2.18. The summed E-state index contributed by atoms with van der Waals surface area (Å²) >= 11 is 0. The Morgan fingerprint density at radius 1 is 0.296 bits per heavy atom. The molecule has 1 atom stereocenters. The van der Waals surface area contributed by atoms with Crippen molar-refractivity contribution in [1.82, 2.24) is 0 Å². The molecule has 1 unspecified atom stereocenters. The van der Waals surface area contributed by atoms with Gasteiger partial charge >= 0.3 is 17.9 Å². The first-order valence-electron chi connectivity index (χ1n) is 29.4. The number of carbonyl (C=O) groups is 3. The number of ether oxygens (including phenoxy) is 3. The molecule has 0 radical (unpaired) electrons. The minimum atomic E-state index is -0.790. The van der Waals surface area contributed by atoms with E-state index in [1.54, 1.807) is 0 Å². The van der Waals surface area contributed by atoms with Crippen LogP contribution in [0.15, 0.2) is 109 Å². The minimum absolute atomic E-state index is 0.0863. The average Bonchev–Trinajstić information content (AvgIpc) is 3.37. The number of allylic oxidation sites excluding steroid dienone is 18. The highest BCUT2D eigenvalue weighted by molar-refractivity contribution is 5.71. The van der Waals surface area contributed by atoms with Gasteiger partial charge in [0.1, 0.15) is 13.2 Å². The Hall–Kier alpha value is -3.93. The zero-order chi connectivity index (χ0) is 51.4. The molecule has 0 amide bonds. The first kappa shape index (κ1) is 67.1. The van der Waals surface area contributed by atoms with E-state index >= 15 is 0 Å². The largest absolute Gasteiger partial charge is 0.462 e. The number of unbranched alkanes of at least 4 members (excludes halogenated alkanes) is 23. The van der Waals surface area contributed by atoms with Gasteiger partial charge in [0.05, 0.1) is 0 Å². The van der Waals surface area contributed by atoms with E-state index in [0.717, 1.165) is 135 Å². The van der Waals surface area contributed by atoms with Crippen molar-refractivity contribution in [3.8, 4) is 0 Å². The molecule has 0 aromatic rings. The van der Waals surface area contributed by atoms with Crippen LogP contribution in [0.25, 0.3) is 0 Å². The van der Waals surface area contributed by atoms with Gasteiger partial charge < -0.3 is 14.2 Å². The van der Waals surface area contributed by atoms with Gasteiger partial charge in [-0.15, -0.1) is 0 Å². The van der Waals surface area contributed by atoms with Crippen molar-refractivity contribution in [1.29, 1.82) is 0 Å². The standard InChI is InChI=1S/C65H108O6/c1-4-7-10-13-16-19-22-24-26-28-29-30-31-32-33-34-35-37-38-40-43-46-49-52-55-58-64(67)70-61-62(60-69-63(66)57-54-51-48-45-42-21-18-15-12-9-6-3)71-65(68)59-56-53-50-47-44-41-39-36-27-25-23-20-17-14-11-8-5-2/h7-8,10-11,16-17,19-20,24-27,29-30,32-33,35,37,62H,4-6,9,12-15,18,21-23,28,31,34,36,38-61H2,1-3H3/b10-7-,11-8-,19-16-,20-17-,26-24-,27-25-,30-29-,33-32-,37-35-. The molecule has 0 aliphatic carbocycles. The summed E-state index contributed by atoms with van der Waals surface area (Å²) in [4.78, 5) is 38.1. The van der Waals surface area contributed by atoms with Crippen LogP contribution in [0.2, 0.25) is 0 Å². The van der Waals surface area contributed by atoms with Gasteiger partial charge in [0.25, 0.3) is 0 Å². The molecule has 0 fully saturated rings. The van der Waals surface area contributed by atoms with E-state index in [4.69, 9.17) is 14.2 Å². The molecule has 0 bridgehead atoms. The Morgan fingerprint density at radius 2 is 0.549 bits per heavy atom. The molecular formula is C65H108O6. The van der Waals surface area contributed by atoms with Gasteiger partial charge in [-0.2, -0.15) is 0 Å². The first-order chi connectivity index (χ1) is 35.0. The van der Waals surface area contributed by atoms with Crippen LogP contribution in [0.5, 0.6) is 0 Å². The van der Waals surface area contributed by atoms with E-state index in [9.17, 15) is 14.4 Å². The number of rotatable bonds is 52. The van der Waals surface area contributed by atoms with Crippen molar-refractivity contribution in [2.45, 2.75) is 271 Å². The van der Waals surface area contributed by atoms with E-state index in [0.29, 0.717) is 19.3 Å². The molecule has 0 spiro atoms. The third kappa shape index (κ3) is 56.9. The van der Waals surface area contributed by atoms with Crippen molar-refractivity contribution < 1.29 is 28.6 Å². The van der Waals surface area contributed by atoms with Crippen molar-refractivity contribution in [3.63, 3.8) is 0 Å². The van der Waals surface area contributed by atoms with Crippen molar-refractivity contribution >= 4 is 17.9 Å². The molecule has 6 nitrogen and oxygen atoms in total. The predicted molar refractivity (Wildman–Crippen MR) is 307 cm³/mol. The maximum absolute atomic E-state index is 12.9. The second-order valence-corrected chi connectivity index (χ2v) is 19.1. The lowest BCUT2D eigenvalue weighted by Crippen LogP contribution is -2.30. The fourth-order valence-corrected chi connectivity index (χ4v) is 7.93. The summed E-state index contributed by atoms with van der Waals surface area (Å²) in [6.07, 6.45) is 79.4. The molecule has 0 aliphatic heterocycles. The molecule has 0 rings (SSSR count). The summed E-state index contributed by atoms with van der Waals surface area (Å²) in [6.45, 7) is 6.39. The minimum Gasteiger partial charge on any atom is -0.462 e. The smallest absolute Gasteiger partial charge is 0.306 e. The van der Waals surface area contributed by atoms with Crippen molar-refractivity contribution in [2.24, 2.45) is 0 Å². The van der Waals surface area contributed by atoms with Gasteiger partial charge in [-0.25, -0.2) is 0 Å². The molecule has 0 heterocycles. The molecular weight excluding hydrogens is 877 g/mol. The third-order valence-corrected chi connectivity index (χ3v) is 12.3. The summed E-state index contributed by atoms with van der Waals surface area (Å²) in [5.74, 6) is -0.910. The second kappa shape index (κ2) is 58.6. The third-order valence-electron chi connectivity index (χ3n) is 12.3. The van der Waals surface area contributed by atoms with Crippen LogP contribution in [-0.4, -0.2) is 37.2 Å². The zero-order valence-electron chi connectivity index (χ0n) is 46.2. The lowest BCUT2D eigenvalue weighted by molar-refractivity contribution is -0.167. The highest BCUT2D eigenvalue weighted by atomic mass is 16.6. The van der Waals surface area contributed by atoms with Gasteiger partial charge in [-0.05, 0) is 103 Å². The van der Waals surface area contributed by atoms with Gasteiger partial charge in [0, 0.05) is 19.3 Å². The molecule has 0 saturated heterocycles. The van der Waals surface area contributed by atoms with Gasteiger partial charge in [0.2, 0.25) is 0 Å².